The normalized spacial score (nSPS) is 31.3. The van der Waals surface area contributed by atoms with E-state index in [9.17, 15) is 39.3 Å². The van der Waals surface area contributed by atoms with Gasteiger partial charge in [-0.1, -0.05) is 76.3 Å². The first-order valence-electron chi connectivity index (χ1n) is 21.1. The molecule has 4 aliphatic heterocycles. The molecule has 9 atom stereocenters. The van der Waals surface area contributed by atoms with Crippen molar-refractivity contribution < 1.29 is 63.0 Å². The lowest BCUT2D eigenvalue weighted by molar-refractivity contribution is -0.116. The molecular formula is C47H57N3O13. The lowest BCUT2D eigenvalue weighted by Gasteiger charge is -2.38. The number of carbonyl (C=O) groups excluding carboxylic acids is 5. The van der Waals surface area contributed by atoms with Gasteiger partial charge in [-0.25, -0.2) is 4.79 Å². The molecule has 0 aromatic heterocycles. The summed E-state index contributed by atoms with van der Waals surface area (Å²) < 4.78 is 29.5. The number of nitrogens with one attached hydrogen (secondary N) is 2. The number of Topliss-reactive ketones (excluding diaryl/α,β-unsaturated/α-hetero) is 3. The van der Waals surface area contributed by atoms with E-state index >= 15 is 0 Å². The lowest BCUT2D eigenvalue weighted by atomic mass is 9.78. The Morgan fingerprint density at radius 1 is 0.921 bits per heavy atom. The number of rotatable bonds is 5. The monoisotopic (exact) mass is 871 g/mol. The quantitative estimate of drug-likeness (QED) is 0.276. The fourth-order valence-corrected chi connectivity index (χ4v) is 8.51. The van der Waals surface area contributed by atoms with Crippen molar-refractivity contribution in [3.8, 4) is 11.5 Å². The fraction of sp³-hybridized carbons (Fsp3) is 0.468. The van der Waals surface area contributed by atoms with Gasteiger partial charge in [-0.05, 0) is 25.5 Å². The highest BCUT2D eigenvalue weighted by atomic mass is 16.7. The zero-order valence-electron chi connectivity index (χ0n) is 36.8. The van der Waals surface area contributed by atoms with Crippen LogP contribution in [0.3, 0.4) is 0 Å². The molecule has 4 heterocycles. The fourth-order valence-electron chi connectivity index (χ4n) is 8.51. The predicted octanol–water partition coefficient (Wildman–Crippen LogP) is 4.65. The summed E-state index contributed by atoms with van der Waals surface area (Å²) >= 11 is 0. The van der Waals surface area contributed by atoms with Crippen molar-refractivity contribution in [3.63, 3.8) is 0 Å². The molecule has 1 aliphatic carbocycles. The third kappa shape index (κ3) is 9.30. The second-order valence-corrected chi connectivity index (χ2v) is 16.7. The van der Waals surface area contributed by atoms with E-state index in [4.69, 9.17) is 23.7 Å². The number of aliphatic hydroxyl groups is 2. The minimum atomic E-state index is -2.10. The Balaban J connectivity index is 1.43. The van der Waals surface area contributed by atoms with Gasteiger partial charge < -0.3 is 54.5 Å². The molecule has 1 fully saturated rings. The summed E-state index contributed by atoms with van der Waals surface area (Å²) in [6, 6.07) is 9.24. The number of aromatic hydroxyl groups is 1. The van der Waals surface area contributed by atoms with Crippen LogP contribution in [0, 0.1) is 30.6 Å². The number of carbonyl (C=O) groups is 5. The van der Waals surface area contributed by atoms with Crippen molar-refractivity contribution in [2.75, 3.05) is 33.4 Å². The summed E-state index contributed by atoms with van der Waals surface area (Å²) in [4.78, 5) is 72.5. The Bertz CT molecular complexity index is 2240. The molecule has 0 saturated carbocycles. The number of ether oxygens (including phenoxy) is 5. The van der Waals surface area contributed by atoms with Crippen molar-refractivity contribution >= 4 is 29.4 Å². The van der Waals surface area contributed by atoms with Crippen LogP contribution in [0.1, 0.15) is 83.7 Å². The summed E-state index contributed by atoms with van der Waals surface area (Å²) in [7, 11) is 1.43. The van der Waals surface area contributed by atoms with E-state index in [0.717, 1.165) is 5.56 Å². The Labute approximate surface area is 366 Å². The number of phenols is 1. The summed E-state index contributed by atoms with van der Waals surface area (Å²) in [5.74, 6) is -8.80. The highest BCUT2D eigenvalue weighted by Crippen LogP contribution is 2.49. The summed E-state index contributed by atoms with van der Waals surface area (Å²) in [5.41, 5.74) is -0.683. The van der Waals surface area contributed by atoms with Gasteiger partial charge in [0.2, 0.25) is 11.6 Å². The van der Waals surface area contributed by atoms with E-state index in [0.29, 0.717) is 0 Å². The van der Waals surface area contributed by atoms with E-state index in [2.05, 4.69) is 10.6 Å². The number of phenolic OH excluding ortho intramolecular Hbond substituents is 1. The van der Waals surface area contributed by atoms with Crippen LogP contribution in [-0.2, 0) is 30.3 Å². The van der Waals surface area contributed by atoms with Gasteiger partial charge in [0.05, 0.1) is 54.5 Å². The number of nitrogens with zero attached hydrogens (tertiary/aromatic N) is 1. The minimum Gasteiger partial charge on any atom is -0.507 e. The Hall–Kier alpha value is -5.81. The van der Waals surface area contributed by atoms with Gasteiger partial charge >= 0.3 is 11.9 Å². The van der Waals surface area contributed by atoms with Crippen LogP contribution in [0.4, 0.5) is 4.79 Å². The molecule has 0 radical (unpaired) electrons. The summed E-state index contributed by atoms with van der Waals surface area (Å²) in [6.07, 6.45) is 2.44. The van der Waals surface area contributed by atoms with Crippen LogP contribution in [0.25, 0.3) is 0 Å². The number of aliphatic hydroxyl groups excluding tert-OH is 2. The molecule has 5 N–H and O–H groups in total. The van der Waals surface area contributed by atoms with E-state index in [1.165, 1.54) is 46.3 Å². The minimum absolute atomic E-state index is 0.00575. The molecule has 0 unspecified atom stereocenters. The highest BCUT2D eigenvalue weighted by molar-refractivity contribution is 6.32. The van der Waals surface area contributed by atoms with Crippen molar-refractivity contribution in [1.29, 1.82) is 0 Å². The van der Waals surface area contributed by atoms with Crippen molar-refractivity contribution in [2.45, 2.75) is 85.2 Å². The zero-order valence-corrected chi connectivity index (χ0v) is 36.8. The van der Waals surface area contributed by atoms with Crippen molar-refractivity contribution in [3.05, 3.63) is 106 Å². The maximum Gasteiger partial charge on any atom is 0.407 e. The van der Waals surface area contributed by atoms with E-state index in [1.807, 2.05) is 30.3 Å². The maximum atomic E-state index is 14.8. The van der Waals surface area contributed by atoms with E-state index in [1.54, 1.807) is 44.7 Å². The second kappa shape index (κ2) is 19.3. The number of morpholine rings is 1. The van der Waals surface area contributed by atoms with Crippen LogP contribution in [0.5, 0.6) is 11.5 Å². The Morgan fingerprint density at radius 3 is 2.27 bits per heavy atom. The summed E-state index contributed by atoms with van der Waals surface area (Å²) in [5, 5.41) is 40.2. The average molecular weight is 872 g/mol. The second-order valence-electron chi connectivity index (χ2n) is 16.7. The third-order valence-corrected chi connectivity index (χ3v) is 12.5. The molecule has 2 aromatic rings. The maximum absolute atomic E-state index is 14.8. The molecule has 5 bridgehead atoms. The number of alkyl carbamates (subject to hydrolysis) is 1. The SMILES string of the molecule is CO[C@H]1/C=C/O[C@@]2(C)Oc3c(C)c(O)c4c(c3C2=O)C(=O)C(N2CCOCC2)=C(NC(=O)/C(C)=C\C=C\[C@H](C)[C@H](O)[C@@H](C)[C@@H](O)[C@@H](C)[C@H](OC(=O)NCc2ccccc2)[C@@H]1C)C4=O. The molecule has 0 spiro atoms. The van der Waals surface area contributed by atoms with Gasteiger partial charge in [0.1, 0.15) is 29.0 Å². The number of fused-ring (bicyclic) bond motifs is 14. The molecule has 2 aromatic carbocycles. The zero-order chi connectivity index (χ0) is 45.9. The Kier molecular flexibility index (Phi) is 14.3. The van der Waals surface area contributed by atoms with Crippen LogP contribution in [0.2, 0.25) is 0 Å². The van der Waals surface area contributed by atoms with Crippen molar-refractivity contribution in [1.82, 2.24) is 15.5 Å². The van der Waals surface area contributed by atoms with Gasteiger partial charge in [-0.3, -0.25) is 19.2 Å². The van der Waals surface area contributed by atoms with Gasteiger partial charge in [-0.15, -0.1) is 0 Å². The van der Waals surface area contributed by atoms with Crippen LogP contribution < -0.4 is 15.4 Å². The molecule has 16 nitrogen and oxygen atoms in total. The van der Waals surface area contributed by atoms with E-state index in [-0.39, 0.29) is 72.3 Å². The van der Waals surface area contributed by atoms with Crippen LogP contribution in [-0.4, -0.2) is 113 Å². The number of hydrogen-bond donors (Lipinski definition) is 5. The van der Waals surface area contributed by atoms with Crippen LogP contribution >= 0.6 is 0 Å². The summed E-state index contributed by atoms with van der Waals surface area (Å²) in [6.45, 7) is 12.1. The number of benzene rings is 2. The average Bonchev–Trinajstić information content (AvgIpc) is 3.54. The van der Waals surface area contributed by atoms with Gasteiger partial charge in [-0.2, -0.15) is 0 Å². The molecule has 16 heteroatoms. The lowest BCUT2D eigenvalue weighted by Crippen LogP contribution is -2.47. The van der Waals surface area contributed by atoms with Gasteiger partial charge in [0.25, 0.3) is 11.7 Å². The van der Waals surface area contributed by atoms with Gasteiger partial charge in [0, 0.05) is 68.5 Å². The van der Waals surface area contributed by atoms with Gasteiger partial charge in [0.15, 0.2) is 0 Å². The van der Waals surface area contributed by atoms with Crippen molar-refractivity contribution in [2.24, 2.45) is 23.7 Å². The van der Waals surface area contributed by atoms with E-state index < -0.39 is 94.5 Å². The molecule has 7 rings (SSSR count). The number of allylic oxidation sites excluding steroid dienone is 4. The molecular weight excluding hydrogens is 815 g/mol. The molecule has 1 saturated heterocycles. The number of amides is 2. The number of ketones is 3. The smallest absolute Gasteiger partial charge is 0.407 e. The van der Waals surface area contributed by atoms with Crippen LogP contribution in [0.15, 0.2) is 77.9 Å². The third-order valence-electron chi connectivity index (χ3n) is 12.5. The predicted molar refractivity (Wildman–Crippen MR) is 229 cm³/mol. The molecule has 338 valence electrons. The number of hydrogen-bond acceptors (Lipinski definition) is 14. The largest absolute Gasteiger partial charge is 0.507 e. The first-order chi connectivity index (χ1) is 29.9. The first-order valence-corrected chi connectivity index (χ1v) is 21.1. The highest BCUT2D eigenvalue weighted by Gasteiger charge is 2.53. The first kappa shape index (κ1) is 46.7. The molecule has 5 aliphatic rings. The standard InChI is InChI=1S/C47H57N3O13/c1-24-13-12-14-25(2)45(57)49-35-36(50-18-21-60-22-19-50)41(55)32-33(40(35)54)39(53)29(6)43-34(32)44(56)47(7,63-43)61-20-17-31(59-8)26(3)42(28(5)38(52)27(4)37(24)51)62-46(58)48-23-30-15-10-9-11-16-30/h9-17,20,24,26-28,31,37-38,42,51-53H,18-19,21-23H2,1-8H3,(H,48,58)(H,49,57)/b13-12+,20-17+,25-14-/t24-,26+,27+,28+,31-,37-,38+,42+,47-/m0/s1. The molecule has 63 heavy (non-hydrogen) atoms. The Morgan fingerprint density at radius 2 is 1.60 bits per heavy atom. The topological polar surface area (TPSA) is 219 Å². The number of methoxy groups -OCH3 is 1. The molecule has 2 amide bonds.